The summed E-state index contributed by atoms with van der Waals surface area (Å²) in [6, 6.07) is 2.23. The van der Waals surface area contributed by atoms with Crippen LogP contribution in [0, 0.1) is 0 Å². The second kappa shape index (κ2) is 4.86. The van der Waals surface area contributed by atoms with Crippen LogP contribution in [-0.2, 0) is 9.59 Å². The SMILES string of the molecule is CC(=O)C1(Br)C(=O)c2cc3c(cc2C1=O)C(=O)C(Br)(C(C)=O)C3=O. The van der Waals surface area contributed by atoms with Gasteiger partial charge in [0.2, 0.25) is 8.65 Å². The van der Waals surface area contributed by atoms with Crippen LogP contribution in [0.15, 0.2) is 12.1 Å². The Morgan fingerprint density at radius 1 is 0.667 bits per heavy atom. The van der Waals surface area contributed by atoms with Crippen LogP contribution in [0.3, 0.4) is 0 Å². The van der Waals surface area contributed by atoms with Crippen molar-refractivity contribution in [2.75, 3.05) is 0 Å². The van der Waals surface area contributed by atoms with Crippen molar-refractivity contribution in [1.29, 1.82) is 0 Å². The van der Waals surface area contributed by atoms with Crippen LogP contribution in [0.25, 0.3) is 0 Å². The molecule has 6 nitrogen and oxygen atoms in total. The molecule has 1 aromatic rings. The lowest BCUT2D eigenvalue weighted by Gasteiger charge is -2.14. The Morgan fingerprint density at radius 3 is 1.04 bits per heavy atom. The van der Waals surface area contributed by atoms with E-state index in [1.807, 2.05) is 0 Å². The molecule has 122 valence electrons. The number of Topliss-reactive ketones (excluding diaryl/α,β-unsaturated/α-hetero) is 6. The number of fused-ring (bicyclic) bond motifs is 2. The van der Waals surface area contributed by atoms with Crippen LogP contribution in [0.2, 0.25) is 0 Å². The van der Waals surface area contributed by atoms with Gasteiger partial charge in [0.15, 0.2) is 34.7 Å². The van der Waals surface area contributed by atoms with Gasteiger partial charge in [-0.2, -0.15) is 0 Å². The van der Waals surface area contributed by atoms with Gasteiger partial charge in [0.25, 0.3) is 0 Å². The molecule has 0 N–H and O–H groups in total. The fraction of sp³-hybridized carbons (Fsp3) is 0.250. The van der Waals surface area contributed by atoms with Crippen molar-refractivity contribution in [1.82, 2.24) is 0 Å². The van der Waals surface area contributed by atoms with Gasteiger partial charge in [-0.3, -0.25) is 28.8 Å². The molecule has 0 heterocycles. The highest BCUT2D eigenvalue weighted by Gasteiger charge is 2.59. The first kappa shape index (κ1) is 17.0. The van der Waals surface area contributed by atoms with Crippen molar-refractivity contribution in [3.63, 3.8) is 0 Å². The van der Waals surface area contributed by atoms with E-state index in [9.17, 15) is 28.8 Å². The van der Waals surface area contributed by atoms with Crippen LogP contribution in [-0.4, -0.2) is 43.3 Å². The van der Waals surface area contributed by atoms with E-state index in [0.717, 1.165) is 26.0 Å². The van der Waals surface area contributed by atoms with Gasteiger partial charge < -0.3 is 0 Å². The number of carbonyl (C=O) groups is 6. The molecule has 0 atom stereocenters. The number of hydrogen-bond donors (Lipinski definition) is 0. The van der Waals surface area contributed by atoms with Crippen molar-refractivity contribution in [3.05, 3.63) is 34.4 Å². The minimum Gasteiger partial charge on any atom is -0.297 e. The summed E-state index contributed by atoms with van der Waals surface area (Å²) in [7, 11) is 0. The number of alkyl halides is 2. The zero-order chi connectivity index (χ0) is 18.2. The second-order valence-electron chi connectivity index (χ2n) is 5.69. The van der Waals surface area contributed by atoms with Gasteiger partial charge in [0.05, 0.1) is 0 Å². The monoisotopic (exact) mass is 454 g/mol. The van der Waals surface area contributed by atoms with Gasteiger partial charge in [0.1, 0.15) is 0 Å². The van der Waals surface area contributed by atoms with E-state index in [0.29, 0.717) is 0 Å². The van der Waals surface area contributed by atoms with Gasteiger partial charge in [-0.1, -0.05) is 31.9 Å². The van der Waals surface area contributed by atoms with Gasteiger partial charge in [0, 0.05) is 22.3 Å². The Hall–Kier alpha value is -1.80. The Kier molecular flexibility index (Phi) is 3.45. The molecular formula is C16H8Br2O6. The lowest BCUT2D eigenvalue weighted by Crippen LogP contribution is -2.42. The van der Waals surface area contributed by atoms with Crippen LogP contribution < -0.4 is 0 Å². The molecule has 24 heavy (non-hydrogen) atoms. The molecule has 0 radical (unpaired) electrons. The molecule has 2 aliphatic carbocycles. The first-order valence-electron chi connectivity index (χ1n) is 6.76. The molecule has 0 saturated carbocycles. The molecule has 0 bridgehead atoms. The molecule has 0 unspecified atom stereocenters. The van der Waals surface area contributed by atoms with Crippen molar-refractivity contribution in [3.8, 4) is 0 Å². The van der Waals surface area contributed by atoms with E-state index in [4.69, 9.17) is 0 Å². The summed E-state index contributed by atoms with van der Waals surface area (Å²) in [6.07, 6.45) is 0. The molecule has 0 aromatic heterocycles. The number of benzene rings is 1. The summed E-state index contributed by atoms with van der Waals surface area (Å²) in [5.74, 6) is -4.52. The molecule has 3 rings (SSSR count). The topological polar surface area (TPSA) is 102 Å². The first-order chi connectivity index (χ1) is 11.0. The highest BCUT2D eigenvalue weighted by Crippen LogP contribution is 2.43. The van der Waals surface area contributed by atoms with E-state index >= 15 is 0 Å². The van der Waals surface area contributed by atoms with Gasteiger partial charge in [-0.15, -0.1) is 0 Å². The lowest BCUT2D eigenvalue weighted by molar-refractivity contribution is -0.118. The summed E-state index contributed by atoms with van der Waals surface area (Å²) in [4.78, 5) is 73.5. The number of rotatable bonds is 2. The summed E-state index contributed by atoms with van der Waals surface area (Å²) in [6.45, 7) is 2.19. The first-order valence-corrected chi connectivity index (χ1v) is 8.34. The van der Waals surface area contributed by atoms with E-state index in [-0.39, 0.29) is 22.3 Å². The smallest absolute Gasteiger partial charge is 0.208 e. The minimum atomic E-state index is -2.03. The van der Waals surface area contributed by atoms with Crippen LogP contribution in [0.1, 0.15) is 55.3 Å². The quantitative estimate of drug-likeness (QED) is 0.498. The predicted octanol–water partition coefficient (Wildman–Crippen LogP) is 1.89. The number of hydrogen-bond acceptors (Lipinski definition) is 6. The van der Waals surface area contributed by atoms with E-state index < -0.39 is 43.3 Å². The third-order valence-electron chi connectivity index (χ3n) is 4.36. The Bertz CT molecular complexity index is 800. The minimum absolute atomic E-state index is 0.118. The maximum atomic E-state index is 12.5. The normalized spacial score (nSPS) is 20.2. The fourth-order valence-electron chi connectivity index (χ4n) is 2.94. The number of halogens is 2. The predicted molar refractivity (Wildman–Crippen MR) is 88.4 cm³/mol. The van der Waals surface area contributed by atoms with Crippen LogP contribution in [0.4, 0.5) is 0 Å². The molecule has 0 aliphatic heterocycles. The second-order valence-corrected chi connectivity index (χ2v) is 8.07. The van der Waals surface area contributed by atoms with Crippen molar-refractivity contribution in [2.24, 2.45) is 0 Å². The van der Waals surface area contributed by atoms with Crippen LogP contribution in [0.5, 0.6) is 0 Å². The van der Waals surface area contributed by atoms with E-state index in [1.54, 1.807) is 0 Å². The largest absolute Gasteiger partial charge is 0.297 e. The highest BCUT2D eigenvalue weighted by atomic mass is 79.9. The van der Waals surface area contributed by atoms with Crippen molar-refractivity contribution in [2.45, 2.75) is 22.5 Å². The third-order valence-corrected chi connectivity index (χ3v) is 6.92. The highest BCUT2D eigenvalue weighted by molar-refractivity contribution is 9.11. The molecule has 0 saturated heterocycles. The Morgan fingerprint density at radius 2 is 0.875 bits per heavy atom. The molecule has 0 spiro atoms. The summed E-state index contributed by atoms with van der Waals surface area (Å²) < 4.78 is -4.05. The molecular weight excluding hydrogens is 448 g/mol. The molecule has 2 aliphatic rings. The molecule has 8 heteroatoms. The Labute approximate surface area is 152 Å². The maximum Gasteiger partial charge on any atom is 0.208 e. The van der Waals surface area contributed by atoms with E-state index in [1.165, 1.54) is 0 Å². The number of ketones is 6. The van der Waals surface area contributed by atoms with Gasteiger partial charge in [-0.25, -0.2) is 0 Å². The standard InChI is InChI=1S/C16H8Br2O6/c1-5(19)15(17)11(21)7-3-9-10(4-8(7)12(15)22)14(24)16(18,6(2)20)13(9)23/h3-4H,1-2H3. The third kappa shape index (κ3) is 1.70. The van der Waals surface area contributed by atoms with Crippen molar-refractivity contribution >= 4 is 66.6 Å². The zero-order valence-electron chi connectivity index (χ0n) is 12.4. The summed E-state index contributed by atoms with van der Waals surface area (Å²) in [5, 5.41) is 0. The Balaban J connectivity index is 2.28. The molecule has 0 amide bonds. The average molecular weight is 456 g/mol. The van der Waals surface area contributed by atoms with E-state index in [2.05, 4.69) is 31.9 Å². The van der Waals surface area contributed by atoms with Gasteiger partial charge >= 0.3 is 0 Å². The van der Waals surface area contributed by atoms with Gasteiger partial charge in [-0.05, 0) is 26.0 Å². The summed E-state index contributed by atoms with van der Waals surface area (Å²) >= 11 is 5.81. The number of carbonyl (C=O) groups excluding carboxylic acids is 6. The average Bonchev–Trinajstić information content (AvgIpc) is 2.84. The van der Waals surface area contributed by atoms with Crippen LogP contribution >= 0.6 is 31.9 Å². The van der Waals surface area contributed by atoms with Crippen molar-refractivity contribution < 1.29 is 28.8 Å². The summed E-state index contributed by atoms with van der Waals surface area (Å²) in [5.41, 5.74) is -0.473. The molecule has 1 aromatic carbocycles. The zero-order valence-corrected chi connectivity index (χ0v) is 15.5. The maximum absolute atomic E-state index is 12.5. The lowest BCUT2D eigenvalue weighted by atomic mass is 9.98. The fourth-order valence-corrected chi connectivity index (χ4v) is 3.79. The molecule has 0 fully saturated rings.